The van der Waals surface area contributed by atoms with E-state index in [1.165, 1.54) is 12.0 Å². The molecule has 1 saturated carbocycles. The molecule has 4 atom stereocenters. The minimum Gasteiger partial charge on any atom is -0.467 e. The van der Waals surface area contributed by atoms with Crippen LogP contribution in [0.1, 0.15) is 32.1 Å². The summed E-state index contributed by atoms with van der Waals surface area (Å²) < 4.78 is 4.89. The van der Waals surface area contributed by atoms with Crippen LogP contribution in [0.3, 0.4) is 0 Å². The second-order valence-electron chi connectivity index (χ2n) is 7.45. The number of urea groups is 1. The molecule has 2 aliphatic heterocycles. The molecule has 0 spiro atoms. The van der Waals surface area contributed by atoms with Gasteiger partial charge in [-0.25, -0.2) is 9.59 Å². The molecule has 8 heteroatoms. The molecule has 2 N–H and O–H groups in total. The van der Waals surface area contributed by atoms with Crippen molar-refractivity contribution in [1.82, 2.24) is 15.1 Å². The van der Waals surface area contributed by atoms with E-state index in [0.29, 0.717) is 13.0 Å². The second kappa shape index (κ2) is 7.26. The lowest BCUT2D eigenvalue weighted by atomic mass is 10.1. The van der Waals surface area contributed by atoms with Gasteiger partial charge in [-0.2, -0.15) is 0 Å². The maximum Gasteiger partial charge on any atom is 0.332 e. The molecule has 0 aromatic carbocycles. The zero-order valence-electron chi connectivity index (χ0n) is 15.3. The fraction of sp³-hybridized carbons (Fsp3) is 0.722. The van der Waals surface area contributed by atoms with Gasteiger partial charge in [0.1, 0.15) is 11.6 Å². The van der Waals surface area contributed by atoms with E-state index in [1.54, 1.807) is 11.9 Å². The molecule has 26 heavy (non-hydrogen) atoms. The van der Waals surface area contributed by atoms with Crippen LogP contribution in [0.5, 0.6) is 0 Å². The molecule has 0 bridgehead atoms. The van der Waals surface area contributed by atoms with Crippen molar-refractivity contribution in [1.29, 1.82) is 0 Å². The van der Waals surface area contributed by atoms with Gasteiger partial charge in [-0.3, -0.25) is 4.79 Å². The average molecular weight is 365 g/mol. The van der Waals surface area contributed by atoms with Gasteiger partial charge >= 0.3 is 12.0 Å². The standard InChI is InChI=1S/C18H27N3O5/c1-20-8-6-4-3-5-7-12-10-18(12,16(24)26-2)19-17(25)21-11-13(22)9-14(21)15(20)23/h5,7,12-14,22H,3-4,6,8-11H2,1-2H3,(H,19,25)/t12-,13-,14+,18-/m1/s1. The molecule has 1 aliphatic carbocycles. The first-order valence-electron chi connectivity index (χ1n) is 9.16. The molecular formula is C18H27N3O5. The zero-order chi connectivity index (χ0) is 18.9. The first-order valence-corrected chi connectivity index (χ1v) is 9.16. The van der Waals surface area contributed by atoms with Gasteiger partial charge < -0.3 is 25.0 Å². The first kappa shape index (κ1) is 18.7. The lowest BCUT2D eigenvalue weighted by Crippen LogP contribution is -2.55. The van der Waals surface area contributed by atoms with Crippen molar-refractivity contribution in [2.75, 3.05) is 27.2 Å². The zero-order valence-corrected chi connectivity index (χ0v) is 15.3. The molecule has 3 aliphatic rings. The SMILES string of the molecule is COC(=O)[C@@]12C[C@H]1C=CCCCCN(C)C(=O)[C@@H]1C[C@@H](O)CN1C(=O)N2. The van der Waals surface area contributed by atoms with Gasteiger partial charge in [-0.05, 0) is 25.7 Å². The first-order chi connectivity index (χ1) is 12.4. The lowest BCUT2D eigenvalue weighted by Gasteiger charge is -2.29. The van der Waals surface area contributed by atoms with E-state index < -0.39 is 29.7 Å². The predicted octanol–water partition coefficient (Wildman–Crippen LogP) is 0.261. The molecule has 8 nitrogen and oxygen atoms in total. The Labute approximate surface area is 153 Å². The van der Waals surface area contributed by atoms with Gasteiger partial charge in [0.2, 0.25) is 5.91 Å². The maximum absolute atomic E-state index is 12.8. The number of hydrogen-bond acceptors (Lipinski definition) is 5. The molecule has 2 fully saturated rings. The topological polar surface area (TPSA) is 99.2 Å². The quantitative estimate of drug-likeness (QED) is 0.513. The van der Waals surface area contributed by atoms with Crippen molar-refractivity contribution >= 4 is 17.9 Å². The van der Waals surface area contributed by atoms with Crippen LogP contribution < -0.4 is 5.32 Å². The number of nitrogens with zero attached hydrogens (tertiary/aromatic N) is 2. The summed E-state index contributed by atoms with van der Waals surface area (Å²) >= 11 is 0. The average Bonchev–Trinajstić information content (AvgIpc) is 3.16. The van der Waals surface area contributed by atoms with E-state index in [9.17, 15) is 19.5 Å². The third kappa shape index (κ3) is 3.42. The number of carbonyl (C=O) groups excluding carboxylic acids is 3. The maximum atomic E-state index is 12.8. The van der Waals surface area contributed by atoms with Gasteiger partial charge in [0.05, 0.1) is 13.2 Å². The summed E-state index contributed by atoms with van der Waals surface area (Å²) in [7, 11) is 3.02. The molecule has 0 aromatic rings. The highest BCUT2D eigenvalue weighted by atomic mass is 16.5. The Morgan fingerprint density at radius 3 is 2.88 bits per heavy atom. The fourth-order valence-corrected chi connectivity index (χ4v) is 3.90. The number of aliphatic hydroxyl groups excluding tert-OH is 1. The number of likely N-dealkylation sites (N-methyl/N-ethyl adjacent to an activating group) is 1. The number of hydrogen-bond donors (Lipinski definition) is 2. The van der Waals surface area contributed by atoms with Crippen LogP contribution in [0.2, 0.25) is 0 Å². The van der Waals surface area contributed by atoms with E-state index in [4.69, 9.17) is 4.74 Å². The molecular weight excluding hydrogens is 338 g/mol. The molecule has 0 unspecified atom stereocenters. The van der Waals surface area contributed by atoms with Crippen molar-refractivity contribution in [3.8, 4) is 0 Å². The third-order valence-corrected chi connectivity index (χ3v) is 5.58. The molecule has 1 saturated heterocycles. The summed E-state index contributed by atoms with van der Waals surface area (Å²) in [6.45, 7) is 0.693. The second-order valence-corrected chi connectivity index (χ2v) is 7.45. The summed E-state index contributed by atoms with van der Waals surface area (Å²) in [5.41, 5.74) is -1.07. The van der Waals surface area contributed by atoms with Gasteiger partial charge in [0.15, 0.2) is 0 Å². The Bertz CT molecular complexity index is 622. The monoisotopic (exact) mass is 365 g/mol. The summed E-state index contributed by atoms with van der Waals surface area (Å²) in [6.07, 6.45) is 6.60. The van der Waals surface area contributed by atoms with Crippen LogP contribution in [0.15, 0.2) is 12.2 Å². The number of aliphatic hydroxyl groups is 1. The Balaban J connectivity index is 1.86. The lowest BCUT2D eigenvalue weighted by molar-refractivity contribution is -0.144. The number of allylic oxidation sites excluding steroid dienone is 1. The highest BCUT2D eigenvalue weighted by Crippen LogP contribution is 2.46. The van der Waals surface area contributed by atoms with Crippen LogP contribution >= 0.6 is 0 Å². The fourth-order valence-electron chi connectivity index (χ4n) is 3.90. The normalized spacial score (nSPS) is 35.3. The summed E-state index contributed by atoms with van der Waals surface area (Å²) in [4.78, 5) is 40.8. The minimum atomic E-state index is -1.07. The van der Waals surface area contributed by atoms with Crippen LogP contribution in [-0.4, -0.2) is 77.7 Å². The number of carbonyl (C=O) groups is 3. The van der Waals surface area contributed by atoms with E-state index >= 15 is 0 Å². The minimum absolute atomic E-state index is 0.0772. The van der Waals surface area contributed by atoms with Crippen LogP contribution in [0, 0.1) is 5.92 Å². The van der Waals surface area contributed by atoms with E-state index in [2.05, 4.69) is 5.32 Å². The third-order valence-electron chi connectivity index (χ3n) is 5.58. The highest BCUT2D eigenvalue weighted by molar-refractivity contribution is 5.93. The predicted molar refractivity (Wildman–Crippen MR) is 93.1 cm³/mol. The number of ether oxygens (including phenoxy) is 1. The van der Waals surface area contributed by atoms with Crippen molar-refractivity contribution in [3.63, 3.8) is 0 Å². The highest BCUT2D eigenvalue weighted by Gasteiger charge is 2.62. The van der Waals surface area contributed by atoms with Crippen molar-refractivity contribution < 1.29 is 24.2 Å². The Morgan fingerprint density at radius 1 is 1.38 bits per heavy atom. The molecule has 3 rings (SSSR count). The molecule has 3 amide bonds. The molecule has 0 radical (unpaired) electrons. The number of fused-ring (bicyclic) bond motifs is 2. The number of rotatable bonds is 1. The summed E-state index contributed by atoms with van der Waals surface area (Å²) in [6, 6.07) is -1.22. The van der Waals surface area contributed by atoms with Crippen molar-refractivity contribution in [2.45, 2.75) is 49.8 Å². The Hall–Kier alpha value is -2.09. The number of esters is 1. The van der Waals surface area contributed by atoms with E-state index in [1.807, 2.05) is 12.2 Å². The van der Waals surface area contributed by atoms with Crippen LogP contribution in [0.25, 0.3) is 0 Å². The smallest absolute Gasteiger partial charge is 0.332 e. The van der Waals surface area contributed by atoms with Gasteiger partial charge in [0, 0.05) is 32.5 Å². The summed E-state index contributed by atoms with van der Waals surface area (Å²) in [5, 5.41) is 12.8. The number of methoxy groups -OCH3 is 1. The van der Waals surface area contributed by atoms with Crippen LogP contribution in [0.4, 0.5) is 4.79 Å². The number of nitrogens with one attached hydrogen (secondary N) is 1. The van der Waals surface area contributed by atoms with E-state index in [0.717, 1.165) is 19.3 Å². The Morgan fingerprint density at radius 2 is 2.15 bits per heavy atom. The van der Waals surface area contributed by atoms with Gasteiger partial charge in [-0.1, -0.05) is 12.2 Å². The largest absolute Gasteiger partial charge is 0.467 e. The van der Waals surface area contributed by atoms with Crippen molar-refractivity contribution in [3.05, 3.63) is 12.2 Å². The molecule has 0 aromatic heterocycles. The van der Waals surface area contributed by atoms with E-state index in [-0.39, 0.29) is 24.8 Å². The molecule has 144 valence electrons. The van der Waals surface area contributed by atoms with Crippen LogP contribution in [-0.2, 0) is 14.3 Å². The summed E-state index contributed by atoms with van der Waals surface area (Å²) in [5.74, 6) is -0.762. The van der Waals surface area contributed by atoms with Gasteiger partial charge in [-0.15, -0.1) is 0 Å². The van der Waals surface area contributed by atoms with Gasteiger partial charge in [0.25, 0.3) is 0 Å². The van der Waals surface area contributed by atoms with Crippen molar-refractivity contribution in [2.24, 2.45) is 5.92 Å². The molecule has 2 heterocycles. The number of amides is 3. The Kier molecular flexibility index (Phi) is 5.22.